The Morgan fingerprint density at radius 3 is 2.36 bits per heavy atom. The Bertz CT molecular complexity index is 713. The molecule has 0 spiro atoms. The maximum atomic E-state index is 11.7. The van der Waals surface area contributed by atoms with Crippen LogP contribution in [0, 0.1) is 0 Å². The number of carbonyl (C=O) groups excluding carboxylic acids is 1. The molecule has 1 radical (unpaired) electrons. The van der Waals surface area contributed by atoms with Gasteiger partial charge >= 0.3 is 5.97 Å². The number of hydrogen-bond donors (Lipinski definition) is 3. The summed E-state index contributed by atoms with van der Waals surface area (Å²) in [5, 5.41) is 18.2. The summed E-state index contributed by atoms with van der Waals surface area (Å²) in [6, 6.07) is 10.6. The molecule has 2 rings (SSSR count). The van der Waals surface area contributed by atoms with Crippen LogP contribution in [-0.2, 0) is 53.6 Å². The van der Waals surface area contributed by atoms with Crippen molar-refractivity contribution in [3.63, 3.8) is 0 Å². The van der Waals surface area contributed by atoms with E-state index in [1.807, 2.05) is 6.21 Å². The van der Waals surface area contributed by atoms with E-state index in [1.165, 1.54) is 31.9 Å². The van der Waals surface area contributed by atoms with Crippen molar-refractivity contribution in [3.05, 3.63) is 65.6 Å². The summed E-state index contributed by atoms with van der Waals surface area (Å²) >= 11 is 4.64. The van der Waals surface area contributed by atoms with Crippen LogP contribution in [0.1, 0.15) is 38.2 Å². The molecule has 0 saturated heterocycles. The Morgan fingerprint density at radius 2 is 1.85 bits per heavy atom. The molecule has 1 amide bonds. The van der Waals surface area contributed by atoms with Gasteiger partial charge in [-0.2, -0.15) is 0 Å². The van der Waals surface area contributed by atoms with Gasteiger partial charge in [0.05, 0.1) is 13.8 Å². The molecule has 10 heteroatoms. The zero-order valence-corrected chi connectivity index (χ0v) is 23.3. The number of nitrogens with one attached hydrogen (secondary N) is 2. The molecule has 1 aromatic rings. The third-order valence-corrected chi connectivity index (χ3v) is 3.80. The number of hydrogen-bond acceptors (Lipinski definition) is 4. The van der Waals surface area contributed by atoms with Crippen molar-refractivity contribution in [1.82, 2.24) is 5.32 Å². The van der Waals surface area contributed by atoms with Crippen molar-refractivity contribution in [3.8, 4) is 0 Å². The molecule has 0 aliphatic carbocycles. The van der Waals surface area contributed by atoms with Crippen LogP contribution in [0.4, 0.5) is 0 Å². The zero-order chi connectivity index (χ0) is 24.6. The van der Waals surface area contributed by atoms with Crippen LogP contribution >= 0.6 is 11.6 Å². The summed E-state index contributed by atoms with van der Waals surface area (Å²) in [6.45, 7) is 2.67. The molecule has 1 aliphatic heterocycles. The van der Waals surface area contributed by atoms with Gasteiger partial charge in [0.25, 0.3) is 5.91 Å². The van der Waals surface area contributed by atoms with Gasteiger partial charge in [-0.05, 0) is 18.4 Å². The molecule has 0 saturated carbocycles. The van der Waals surface area contributed by atoms with Gasteiger partial charge in [0.15, 0.2) is 6.20 Å². The van der Waals surface area contributed by atoms with Crippen LogP contribution in [0.5, 0.6) is 0 Å². The number of aliphatic carboxylic acids is 1. The first-order chi connectivity index (χ1) is 15.5. The molecule has 0 bridgehead atoms. The van der Waals surface area contributed by atoms with Gasteiger partial charge in [0.1, 0.15) is 6.21 Å². The normalized spacial score (nSPS) is 11.2. The summed E-state index contributed by atoms with van der Waals surface area (Å²) in [6.07, 6.45) is 11.9. The van der Waals surface area contributed by atoms with Gasteiger partial charge in [-0.3, -0.25) is 14.8 Å². The SMILES string of the molecule is CCCc1ccccc1.CCl.COO.[NH-]C[N+]1=CCC=C(C(=O)NCCCC(=O)O)C=C1.[Y]. The molecule has 1 heterocycles. The molecule has 0 unspecified atom stereocenters. The molecule has 0 fully saturated rings. The van der Waals surface area contributed by atoms with E-state index in [0.29, 0.717) is 25.0 Å². The minimum Gasteiger partial charge on any atom is -0.619 e. The Kier molecular flexibility index (Phi) is 29.4. The quantitative estimate of drug-likeness (QED) is 0.143. The number of rotatable bonds is 8. The maximum Gasteiger partial charge on any atom is 0.303 e. The van der Waals surface area contributed by atoms with E-state index in [-0.39, 0.29) is 51.7 Å². The van der Waals surface area contributed by atoms with Crippen molar-refractivity contribution in [2.24, 2.45) is 0 Å². The molecule has 1 aliphatic rings. The largest absolute Gasteiger partial charge is 0.619 e. The number of carbonyl (C=O) groups is 2. The Labute approximate surface area is 227 Å². The number of benzene rings is 1. The zero-order valence-electron chi connectivity index (χ0n) is 19.7. The van der Waals surface area contributed by atoms with E-state index in [0.717, 1.165) is 0 Å². The third-order valence-electron chi connectivity index (χ3n) is 3.80. The average Bonchev–Trinajstić information content (AvgIpc) is 3.06. The van der Waals surface area contributed by atoms with Gasteiger partial charge in [-0.1, -0.05) is 49.8 Å². The van der Waals surface area contributed by atoms with Crippen molar-refractivity contribution in [1.29, 1.82) is 0 Å². The second-order valence-corrected chi connectivity index (χ2v) is 6.24. The molecular weight excluding hydrogens is 523 g/mol. The number of aryl methyl sites for hydroxylation is 1. The first-order valence-corrected chi connectivity index (χ1v) is 10.9. The minimum atomic E-state index is -0.862. The topological polar surface area (TPSA) is 123 Å². The first-order valence-electron chi connectivity index (χ1n) is 10.2. The predicted octanol–water partition coefficient (Wildman–Crippen LogP) is 4.50. The van der Waals surface area contributed by atoms with Crippen molar-refractivity contribution < 1.29 is 62.1 Å². The number of carboxylic acid groups (broad SMARTS) is 1. The number of alkyl halides is 1. The summed E-state index contributed by atoms with van der Waals surface area (Å²) in [5.41, 5.74) is 9.19. The van der Waals surface area contributed by atoms with Crippen LogP contribution in [0.2, 0.25) is 0 Å². The monoisotopic (exact) mass is 558 g/mol. The van der Waals surface area contributed by atoms with Gasteiger partial charge in [0.2, 0.25) is 0 Å². The van der Waals surface area contributed by atoms with Gasteiger partial charge < -0.3 is 16.2 Å². The number of carboxylic acids is 1. The summed E-state index contributed by atoms with van der Waals surface area (Å²) in [4.78, 5) is 25.3. The van der Waals surface area contributed by atoms with Crippen molar-refractivity contribution in [2.45, 2.75) is 39.0 Å². The fourth-order valence-corrected chi connectivity index (χ4v) is 2.38. The molecule has 33 heavy (non-hydrogen) atoms. The van der Waals surface area contributed by atoms with E-state index in [4.69, 9.17) is 16.1 Å². The predicted molar refractivity (Wildman–Crippen MR) is 129 cm³/mol. The average molecular weight is 559 g/mol. The van der Waals surface area contributed by atoms with Gasteiger partial charge in [-0.25, -0.2) is 9.46 Å². The van der Waals surface area contributed by atoms with E-state index in [2.05, 4.69) is 59.1 Å². The van der Waals surface area contributed by atoms with Crippen LogP contribution in [0.15, 0.2) is 54.3 Å². The molecular formula is C23H36ClN3O5Y. The number of nitrogens with zero attached hydrogens (tertiary/aromatic N) is 1. The van der Waals surface area contributed by atoms with E-state index >= 15 is 0 Å². The Balaban J connectivity index is -0.000000502. The van der Waals surface area contributed by atoms with Crippen LogP contribution in [0.25, 0.3) is 5.73 Å². The van der Waals surface area contributed by atoms with E-state index < -0.39 is 5.97 Å². The standard InChI is InChI=1S/C12H17N3O3.C9H12.CH3Cl.CH4O2.Y/c13-9-15-7-2-3-10(5-8-15)12(18)14-6-1-4-11(16)17;1-2-6-9-7-4-3-5-8-9;1-2;1-3-2;/h3,5,7-8,13H,1-2,4,6,9H2,(H,14,18)(H,16,17);3-5,7-8H,2,6H2,1H3;1H3;2H,1H3;. The fourth-order valence-electron chi connectivity index (χ4n) is 2.38. The Morgan fingerprint density at radius 1 is 1.24 bits per heavy atom. The summed E-state index contributed by atoms with van der Waals surface area (Å²) in [7, 11) is 1.18. The van der Waals surface area contributed by atoms with Gasteiger partial charge in [-0.15, -0.1) is 11.6 Å². The van der Waals surface area contributed by atoms with Crippen LogP contribution in [0.3, 0.4) is 0 Å². The van der Waals surface area contributed by atoms with Crippen molar-refractivity contribution >= 4 is 29.7 Å². The molecule has 8 nitrogen and oxygen atoms in total. The Hall–Kier alpha value is -1.42. The molecule has 183 valence electrons. The maximum absolute atomic E-state index is 11.7. The molecule has 0 atom stereocenters. The first kappa shape index (κ1) is 36.2. The van der Waals surface area contributed by atoms with Crippen LogP contribution < -0.4 is 5.32 Å². The summed E-state index contributed by atoms with van der Waals surface area (Å²) in [5.74, 6) is -1.07. The van der Waals surface area contributed by atoms with Crippen LogP contribution in [-0.4, -0.2) is 59.7 Å². The second-order valence-electron chi connectivity index (χ2n) is 6.24. The number of allylic oxidation sites excluding steroid dienone is 1. The van der Waals surface area contributed by atoms with E-state index in [1.54, 1.807) is 22.9 Å². The summed E-state index contributed by atoms with van der Waals surface area (Å²) < 4.78 is 1.68. The van der Waals surface area contributed by atoms with Gasteiger partial charge in [0, 0.05) is 70.1 Å². The molecule has 0 aromatic heterocycles. The smallest absolute Gasteiger partial charge is 0.303 e. The number of halogens is 1. The molecule has 4 N–H and O–H groups in total. The number of amides is 1. The van der Waals surface area contributed by atoms with Crippen molar-refractivity contribution in [2.75, 3.05) is 26.7 Å². The fraction of sp³-hybridized carbons (Fsp3) is 0.435. The van der Waals surface area contributed by atoms with E-state index in [9.17, 15) is 9.59 Å². The minimum absolute atomic E-state index is 0. The molecule has 1 aromatic carbocycles. The third kappa shape index (κ3) is 22.2. The second kappa shape index (κ2) is 26.8.